The first-order valence-corrected chi connectivity index (χ1v) is 6.26. The first-order chi connectivity index (χ1) is 8.78. The molecule has 0 radical (unpaired) electrons. The van der Waals surface area contributed by atoms with E-state index >= 15 is 0 Å². The number of aryl methyl sites for hydroxylation is 1. The quantitative estimate of drug-likeness (QED) is 0.896. The molecule has 3 rings (SSSR count). The molecule has 1 fully saturated rings. The second kappa shape index (κ2) is 4.37. The van der Waals surface area contributed by atoms with E-state index in [9.17, 15) is 0 Å². The van der Waals surface area contributed by atoms with Crippen LogP contribution < -0.4 is 5.32 Å². The smallest absolute Gasteiger partial charge is 0.180 e. The maximum absolute atomic E-state index is 4.66. The maximum atomic E-state index is 4.66. The number of nitrogens with zero attached hydrogens (tertiary/aromatic N) is 3. The van der Waals surface area contributed by atoms with Gasteiger partial charge in [0, 0.05) is 30.9 Å². The molecule has 1 N–H and O–H groups in total. The topological polar surface area (TPSA) is 50.7 Å². The lowest BCUT2D eigenvalue weighted by Gasteiger charge is -2.08. The van der Waals surface area contributed by atoms with Crippen molar-refractivity contribution in [2.75, 3.05) is 12.4 Å². The van der Waals surface area contributed by atoms with Gasteiger partial charge in [0.1, 0.15) is 11.5 Å². The van der Waals surface area contributed by atoms with Crippen LogP contribution in [0, 0.1) is 6.92 Å². The average Bonchev–Trinajstić information content (AvgIpc) is 3.23. The molecule has 1 aliphatic rings. The van der Waals surface area contributed by atoms with Gasteiger partial charge in [-0.15, -0.1) is 0 Å². The minimum absolute atomic E-state index is 0.614. The van der Waals surface area contributed by atoms with E-state index in [4.69, 9.17) is 0 Å². The molecule has 2 heterocycles. The number of pyridine rings is 1. The zero-order chi connectivity index (χ0) is 12.5. The van der Waals surface area contributed by atoms with Gasteiger partial charge >= 0.3 is 0 Å². The van der Waals surface area contributed by atoms with E-state index in [1.54, 1.807) is 6.20 Å². The van der Waals surface area contributed by atoms with Crippen molar-refractivity contribution >= 4 is 5.82 Å². The van der Waals surface area contributed by atoms with Crippen molar-refractivity contribution in [1.29, 1.82) is 0 Å². The first kappa shape index (κ1) is 11.1. The molecule has 0 atom stereocenters. The number of hydrogen-bond acceptors (Lipinski definition) is 4. The normalized spacial score (nSPS) is 14.6. The summed E-state index contributed by atoms with van der Waals surface area (Å²) in [4.78, 5) is 13.6. The lowest BCUT2D eigenvalue weighted by Crippen LogP contribution is -2.02. The molecule has 0 aliphatic heterocycles. The summed E-state index contributed by atoms with van der Waals surface area (Å²) in [6.45, 7) is 2.04. The van der Waals surface area contributed by atoms with Gasteiger partial charge in [-0.1, -0.05) is 6.07 Å². The first-order valence-electron chi connectivity index (χ1n) is 6.26. The Kier molecular flexibility index (Phi) is 2.70. The van der Waals surface area contributed by atoms with Gasteiger partial charge in [0.15, 0.2) is 5.82 Å². The highest BCUT2D eigenvalue weighted by Crippen LogP contribution is 2.40. The van der Waals surface area contributed by atoms with E-state index < -0.39 is 0 Å². The Labute approximate surface area is 107 Å². The summed E-state index contributed by atoms with van der Waals surface area (Å²) in [5.41, 5.74) is 3.11. The molecule has 18 heavy (non-hydrogen) atoms. The predicted octanol–water partition coefficient (Wildman–Crippen LogP) is 2.77. The molecular formula is C14H16N4. The third-order valence-electron chi connectivity index (χ3n) is 3.22. The summed E-state index contributed by atoms with van der Waals surface area (Å²) in [5.74, 6) is 2.21. The minimum atomic E-state index is 0.614. The molecule has 0 bridgehead atoms. The van der Waals surface area contributed by atoms with E-state index in [1.807, 2.05) is 32.2 Å². The molecular weight excluding hydrogens is 224 g/mol. The van der Waals surface area contributed by atoms with Crippen molar-refractivity contribution in [1.82, 2.24) is 15.0 Å². The molecule has 0 aromatic carbocycles. The molecule has 1 saturated carbocycles. The third kappa shape index (κ3) is 2.06. The van der Waals surface area contributed by atoms with Gasteiger partial charge in [0.25, 0.3) is 0 Å². The van der Waals surface area contributed by atoms with Crippen molar-refractivity contribution in [3.05, 3.63) is 35.7 Å². The Balaban J connectivity index is 2.10. The van der Waals surface area contributed by atoms with Gasteiger partial charge in [0.2, 0.25) is 0 Å². The van der Waals surface area contributed by atoms with Gasteiger partial charge in [-0.2, -0.15) is 0 Å². The molecule has 0 unspecified atom stereocenters. The molecule has 0 spiro atoms. The van der Waals surface area contributed by atoms with Crippen LogP contribution in [0.15, 0.2) is 24.4 Å². The summed E-state index contributed by atoms with van der Waals surface area (Å²) in [7, 11) is 1.88. The summed E-state index contributed by atoms with van der Waals surface area (Å²) < 4.78 is 0. The molecule has 0 amide bonds. The van der Waals surface area contributed by atoms with Crippen LogP contribution in [0.5, 0.6) is 0 Å². The van der Waals surface area contributed by atoms with Crippen molar-refractivity contribution in [3.63, 3.8) is 0 Å². The fourth-order valence-corrected chi connectivity index (χ4v) is 2.01. The van der Waals surface area contributed by atoms with Crippen LogP contribution in [0.25, 0.3) is 11.5 Å². The Morgan fingerprint density at radius 3 is 2.78 bits per heavy atom. The molecule has 92 valence electrons. The fraction of sp³-hybridized carbons (Fsp3) is 0.357. The zero-order valence-electron chi connectivity index (χ0n) is 10.6. The number of aromatic nitrogens is 3. The van der Waals surface area contributed by atoms with Gasteiger partial charge in [-0.3, -0.25) is 4.98 Å². The Morgan fingerprint density at radius 2 is 2.11 bits per heavy atom. The molecule has 4 nitrogen and oxygen atoms in total. The largest absolute Gasteiger partial charge is 0.373 e. The maximum Gasteiger partial charge on any atom is 0.180 e. The van der Waals surface area contributed by atoms with Crippen LogP contribution in [0.3, 0.4) is 0 Å². The lowest BCUT2D eigenvalue weighted by molar-refractivity contribution is 0.985. The Hall–Kier alpha value is -1.97. The highest BCUT2D eigenvalue weighted by Gasteiger charge is 2.26. The van der Waals surface area contributed by atoms with Crippen molar-refractivity contribution in [3.8, 4) is 11.5 Å². The van der Waals surface area contributed by atoms with Crippen LogP contribution in [0.2, 0.25) is 0 Å². The molecule has 2 aromatic heterocycles. The van der Waals surface area contributed by atoms with E-state index in [0.29, 0.717) is 5.92 Å². The van der Waals surface area contributed by atoms with Crippen LogP contribution in [0.4, 0.5) is 5.82 Å². The second-order valence-corrected chi connectivity index (χ2v) is 4.69. The average molecular weight is 240 g/mol. The third-order valence-corrected chi connectivity index (χ3v) is 3.22. The summed E-state index contributed by atoms with van der Waals surface area (Å²) in [6, 6.07) is 6.01. The number of nitrogens with one attached hydrogen (secondary N) is 1. The van der Waals surface area contributed by atoms with Crippen molar-refractivity contribution in [2.24, 2.45) is 0 Å². The molecule has 4 heteroatoms. The van der Waals surface area contributed by atoms with Gasteiger partial charge in [-0.05, 0) is 31.4 Å². The predicted molar refractivity (Wildman–Crippen MR) is 71.5 cm³/mol. The second-order valence-electron chi connectivity index (χ2n) is 4.69. The van der Waals surface area contributed by atoms with E-state index in [1.165, 1.54) is 12.8 Å². The van der Waals surface area contributed by atoms with Crippen LogP contribution in [0.1, 0.15) is 30.0 Å². The number of anilines is 1. The van der Waals surface area contributed by atoms with Gasteiger partial charge < -0.3 is 5.32 Å². The minimum Gasteiger partial charge on any atom is -0.373 e. The Bertz CT molecular complexity index is 576. The zero-order valence-corrected chi connectivity index (χ0v) is 10.6. The summed E-state index contributed by atoms with van der Waals surface area (Å²) in [6.07, 6.45) is 4.26. The van der Waals surface area contributed by atoms with Gasteiger partial charge in [-0.25, -0.2) is 9.97 Å². The van der Waals surface area contributed by atoms with Crippen LogP contribution in [-0.4, -0.2) is 22.0 Å². The van der Waals surface area contributed by atoms with E-state index in [-0.39, 0.29) is 0 Å². The SMILES string of the molecule is CNc1cc(C2CC2)nc(-c2ncccc2C)n1. The monoisotopic (exact) mass is 240 g/mol. The Morgan fingerprint density at radius 1 is 1.28 bits per heavy atom. The van der Waals surface area contributed by atoms with Crippen LogP contribution >= 0.6 is 0 Å². The van der Waals surface area contributed by atoms with E-state index in [2.05, 4.69) is 20.3 Å². The number of hydrogen-bond donors (Lipinski definition) is 1. The molecule has 1 aliphatic carbocycles. The highest BCUT2D eigenvalue weighted by molar-refractivity contribution is 5.57. The highest BCUT2D eigenvalue weighted by atomic mass is 15.0. The molecule has 0 saturated heterocycles. The van der Waals surface area contributed by atoms with Crippen molar-refractivity contribution in [2.45, 2.75) is 25.7 Å². The van der Waals surface area contributed by atoms with Crippen molar-refractivity contribution < 1.29 is 0 Å². The molecule has 2 aromatic rings. The van der Waals surface area contributed by atoms with E-state index in [0.717, 1.165) is 28.6 Å². The van der Waals surface area contributed by atoms with Gasteiger partial charge in [0.05, 0.1) is 0 Å². The summed E-state index contributed by atoms with van der Waals surface area (Å²) >= 11 is 0. The fourth-order valence-electron chi connectivity index (χ4n) is 2.01. The standard InChI is InChI=1S/C14H16N4/c1-9-4-3-7-16-13(9)14-17-11(10-5-6-10)8-12(15-2)18-14/h3-4,7-8,10H,5-6H2,1-2H3,(H,15,17,18). The lowest BCUT2D eigenvalue weighted by atomic mass is 10.2. The number of rotatable bonds is 3. The summed E-state index contributed by atoms with van der Waals surface area (Å²) in [5, 5.41) is 3.10. The van der Waals surface area contributed by atoms with Crippen LogP contribution in [-0.2, 0) is 0 Å².